The smallest absolute Gasteiger partial charge is 0.241 e. The quantitative estimate of drug-likeness (QED) is 0.794. The topological polar surface area (TPSA) is 54.0 Å². The largest absolute Gasteiger partial charge is 0.323 e. The fourth-order valence-electron chi connectivity index (χ4n) is 1.96. The van der Waals surface area contributed by atoms with E-state index in [1.807, 2.05) is 6.92 Å². The van der Waals surface area contributed by atoms with Crippen LogP contribution in [0.1, 0.15) is 25.0 Å². The molecule has 2 N–H and O–H groups in total. The van der Waals surface area contributed by atoms with Crippen LogP contribution in [0.4, 0.5) is 5.69 Å². The zero-order valence-electron chi connectivity index (χ0n) is 9.79. The van der Waals surface area contributed by atoms with Gasteiger partial charge >= 0.3 is 0 Å². The van der Waals surface area contributed by atoms with Crippen molar-refractivity contribution < 1.29 is 4.79 Å². The van der Waals surface area contributed by atoms with Crippen LogP contribution in [-0.2, 0) is 4.79 Å². The molecule has 1 saturated heterocycles. The highest BCUT2D eigenvalue weighted by Gasteiger charge is 2.20. The maximum atomic E-state index is 12.0. The lowest BCUT2D eigenvalue weighted by Crippen LogP contribution is -2.43. The monoisotopic (exact) mass is 253 g/mol. The van der Waals surface area contributed by atoms with Gasteiger partial charge in [0.15, 0.2) is 0 Å². The van der Waals surface area contributed by atoms with E-state index in [4.69, 9.17) is 11.6 Å². The first kappa shape index (κ1) is 12.3. The van der Waals surface area contributed by atoms with Crippen molar-refractivity contribution in [1.82, 2.24) is 10.3 Å². The van der Waals surface area contributed by atoms with Crippen molar-refractivity contribution >= 4 is 23.2 Å². The first-order valence-electron chi connectivity index (χ1n) is 5.84. The van der Waals surface area contributed by atoms with E-state index < -0.39 is 0 Å². The predicted octanol–water partition coefficient (Wildman–Crippen LogP) is 2.12. The normalized spacial score (nSPS) is 20.0. The number of anilines is 1. The summed E-state index contributed by atoms with van der Waals surface area (Å²) >= 11 is 5.77. The third-order valence-corrected chi connectivity index (χ3v) is 3.15. The molecule has 0 bridgehead atoms. The predicted molar refractivity (Wildman–Crippen MR) is 68.3 cm³/mol. The van der Waals surface area contributed by atoms with Gasteiger partial charge < -0.3 is 10.6 Å². The molecule has 92 valence electrons. The summed E-state index contributed by atoms with van der Waals surface area (Å²) in [6.07, 6.45) is 3.14. The molecule has 4 nitrogen and oxygen atoms in total. The molecule has 5 heteroatoms. The summed E-state index contributed by atoms with van der Waals surface area (Å²) in [6, 6.07) is 3.38. The first-order chi connectivity index (χ1) is 8.16. The molecule has 0 spiro atoms. The second kappa shape index (κ2) is 5.47. The molecule has 1 aliphatic rings. The number of amides is 1. The van der Waals surface area contributed by atoms with E-state index >= 15 is 0 Å². The molecule has 0 aliphatic carbocycles. The lowest BCUT2D eigenvalue weighted by atomic mass is 10.0. The molecule has 1 amide bonds. The summed E-state index contributed by atoms with van der Waals surface area (Å²) in [5.74, 6) is 0.0110. The zero-order chi connectivity index (χ0) is 12.3. The number of hydrogen-bond donors (Lipinski definition) is 2. The van der Waals surface area contributed by atoms with Crippen molar-refractivity contribution in [3.8, 4) is 0 Å². The number of carbonyl (C=O) groups excluding carboxylic acids is 1. The van der Waals surface area contributed by atoms with Gasteiger partial charge in [0, 0.05) is 0 Å². The van der Waals surface area contributed by atoms with E-state index in [9.17, 15) is 4.79 Å². The Balaban J connectivity index is 2.02. The fourth-order valence-corrected chi connectivity index (χ4v) is 2.15. The number of carbonyl (C=O) groups is 1. The molecule has 0 unspecified atom stereocenters. The number of pyridine rings is 1. The van der Waals surface area contributed by atoms with Crippen LogP contribution in [0.25, 0.3) is 0 Å². The average molecular weight is 254 g/mol. The molecule has 1 fully saturated rings. The van der Waals surface area contributed by atoms with Crippen LogP contribution in [0.15, 0.2) is 12.1 Å². The number of rotatable bonds is 2. The van der Waals surface area contributed by atoms with Crippen LogP contribution in [0.2, 0.25) is 5.15 Å². The number of hydrogen-bond acceptors (Lipinski definition) is 3. The van der Waals surface area contributed by atoms with E-state index in [-0.39, 0.29) is 11.9 Å². The zero-order valence-corrected chi connectivity index (χ0v) is 10.5. The molecule has 0 saturated carbocycles. The van der Waals surface area contributed by atoms with Gasteiger partial charge in [0.25, 0.3) is 0 Å². The van der Waals surface area contributed by atoms with Gasteiger partial charge in [0.1, 0.15) is 5.15 Å². The number of nitrogens with one attached hydrogen (secondary N) is 2. The number of piperidine rings is 1. The molecular weight excluding hydrogens is 238 g/mol. The van der Waals surface area contributed by atoms with E-state index in [2.05, 4.69) is 15.6 Å². The number of aryl methyl sites for hydroxylation is 1. The number of nitrogens with zero attached hydrogens (tertiary/aromatic N) is 1. The molecule has 0 radical (unpaired) electrons. The van der Waals surface area contributed by atoms with Crippen molar-refractivity contribution in [2.45, 2.75) is 32.2 Å². The third-order valence-electron chi connectivity index (χ3n) is 2.94. The Morgan fingerprint density at radius 3 is 3.00 bits per heavy atom. The Bertz CT molecular complexity index is 416. The first-order valence-corrected chi connectivity index (χ1v) is 6.22. The summed E-state index contributed by atoms with van der Waals surface area (Å²) in [6.45, 7) is 2.74. The van der Waals surface area contributed by atoms with Gasteiger partial charge in [-0.2, -0.15) is 0 Å². The highest BCUT2D eigenvalue weighted by atomic mass is 35.5. The van der Waals surface area contributed by atoms with E-state index in [1.165, 1.54) is 0 Å². The summed E-state index contributed by atoms with van der Waals surface area (Å²) in [4.78, 5) is 16.1. The van der Waals surface area contributed by atoms with E-state index in [0.29, 0.717) is 5.15 Å². The van der Waals surface area contributed by atoms with Crippen LogP contribution >= 0.6 is 11.6 Å². The van der Waals surface area contributed by atoms with Gasteiger partial charge in [-0.05, 0) is 38.4 Å². The fraction of sp³-hybridized carbons (Fsp3) is 0.500. The van der Waals surface area contributed by atoms with Crippen molar-refractivity contribution in [3.63, 3.8) is 0 Å². The minimum atomic E-state index is -0.0844. The molecule has 2 heterocycles. The van der Waals surface area contributed by atoms with Gasteiger partial charge in [0.05, 0.1) is 17.4 Å². The van der Waals surface area contributed by atoms with Gasteiger partial charge in [0.2, 0.25) is 5.91 Å². The summed E-state index contributed by atoms with van der Waals surface area (Å²) < 4.78 is 0. The minimum absolute atomic E-state index is 0.0110. The van der Waals surface area contributed by atoms with Crippen LogP contribution in [0.3, 0.4) is 0 Å². The molecule has 1 aliphatic heterocycles. The molecule has 1 aromatic heterocycles. The van der Waals surface area contributed by atoms with Gasteiger partial charge in [-0.3, -0.25) is 4.79 Å². The van der Waals surface area contributed by atoms with Crippen molar-refractivity contribution in [3.05, 3.63) is 23.0 Å². The summed E-state index contributed by atoms with van der Waals surface area (Å²) in [5, 5.41) is 6.54. The van der Waals surface area contributed by atoms with Crippen LogP contribution in [-0.4, -0.2) is 23.5 Å². The SMILES string of the molecule is Cc1nc(Cl)ccc1NC(=O)[C@H]1CCCCN1. The third kappa shape index (κ3) is 3.17. The summed E-state index contributed by atoms with van der Waals surface area (Å²) in [5.41, 5.74) is 1.47. The Labute approximate surface area is 106 Å². The Morgan fingerprint density at radius 2 is 2.35 bits per heavy atom. The van der Waals surface area contributed by atoms with Crippen molar-refractivity contribution in [1.29, 1.82) is 0 Å². The van der Waals surface area contributed by atoms with E-state index in [1.54, 1.807) is 12.1 Å². The van der Waals surface area contributed by atoms with Crippen molar-refractivity contribution in [2.24, 2.45) is 0 Å². The number of aromatic nitrogens is 1. The standard InChI is InChI=1S/C12H16ClN3O/c1-8-9(5-6-11(13)15-8)16-12(17)10-4-2-3-7-14-10/h5-6,10,14H,2-4,7H2,1H3,(H,16,17)/t10-/m1/s1. The lowest BCUT2D eigenvalue weighted by Gasteiger charge is -2.22. The van der Waals surface area contributed by atoms with Crippen LogP contribution < -0.4 is 10.6 Å². The van der Waals surface area contributed by atoms with E-state index in [0.717, 1.165) is 37.2 Å². The Kier molecular flexibility index (Phi) is 3.97. The highest BCUT2D eigenvalue weighted by Crippen LogP contribution is 2.17. The molecule has 17 heavy (non-hydrogen) atoms. The number of halogens is 1. The van der Waals surface area contributed by atoms with Crippen molar-refractivity contribution in [2.75, 3.05) is 11.9 Å². The molecule has 0 aromatic carbocycles. The average Bonchev–Trinajstić information content (AvgIpc) is 2.34. The second-order valence-corrected chi connectivity index (χ2v) is 4.65. The maximum absolute atomic E-state index is 12.0. The molecule has 1 aromatic rings. The molecule has 1 atom stereocenters. The van der Waals surface area contributed by atoms with Gasteiger partial charge in [-0.25, -0.2) is 4.98 Å². The highest BCUT2D eigenvalue weighted by molar-refractivity contribution is 6.29. The van der Waals surface area contributed by atoms with Gasteiger partial charge in [-0.1, -0.05) is 18.0 Å². The van der Waals surface area contributed by atoms with Crippen LogP contribution in [0, 0.1) is 6.92 Å². The molecular formula is C12H16ClN3O. The van der Waals surface area contributed by atoms with Crippen LogP contribution in [0.5, 0.6) is 0 Å². The minimum Gasteiger partial charge on any atom is -0.323 e. The van der Waals surface area contributed by atoms with Gasteiger partial charge in [-0.15, -0.1) is 0 Å². The Hall–Kier alpha value is -1.13. The Morgan fingerprint density at radius 1 is 1.53 bits per heavy atom. The molecule has 2 rings (SSSR count). The second-order valence-electron chi connectivity index (χ2n) is 4.26. The maximum Gasteiger partial charge on any atom is 0.241 e. The lowest BCUT2D eigenvalue weighted by molar-refractivity contribution is -0.118. The summed E-state index contributed by atoms with van der Waals surface area (Å²) in [7, 11) is 0.